The van der Waals surface area contributed by atoms with E-state index >= 15 is 0 Å². The van der Waals surface area contributed by atoms with Crippen LogP contribution >= 0.6 is 0 Å². The molecule has 1 saturated heterocycles. The second-order valence-corrected chi connectivity index (χ2v) is 2.36. The summed E-state index contributed by atoms with van der Waals surface area (Å²) in [4.78, 5) is 10.8. The smallest absolute Gasteiger partial charge is 0.243 e. The van der Waals surface area contributed by atoms with Crippen molar-refractivity contribution in [2.75, 3.05) is 13.1 Å². The Balaban J connectivity index is 2.17. The molecule has 0 aromatic heterocycles. The molecule has 1 rings (SSSR count). The van der Waals surface area contributed by atoms with Crippen molar-refractivity contribution in [3.8, 4) is 0 Å². The van der Waals surface area contributed by atoms with Gasteiger partial charge in [0.25, 0.3) is 0 Å². The van der Waals surface area contributed by atoms with Gasteiger partial charge in [-0.05, 0) is 13.0 Å². The number of carbonyl (C=O) groups excluding carboxylic acids is 1. The zero-order chi connectivity index (χ0) is 7.40. The van der Waals surface area contributed by atoms with E-state index in [4.69, 9.17) is 0 Å². The monoisotopic (exact) mass is 140 g/mol. The highest BCUT2D eigenvalue weighted by Crippen LogP contribution is 1.89. The van der Waals surface area contributed by atoms with E-state index in [2.05, 4.69) is 10.6 Å². The van der Waals surface area contributed by atoms with Gasteiger partial charge in [0.1, 0.15) is 0 Å². The fourth-order valence-electron chi connectivity index (χ4n) is 0.791. The molecule has 1 aliphatic heterocycles. The van der Waals surface area contributed by atoms with Crippen molar-refractivity contribution in [3.05, 3.63) is 12.2 Å². The van der Waals surface area contributed by atoms with Crippen LogP contribution in [0.25, 0.3) is 0 Å². The Morgan fingerprint density at radius 2 is 2.40 bits per heavy atom. The molecule has 10 heavy (non-hydrogen) atoms. The number of nitrogens with one attached hydrogen (secondary N) is 2. The molecule has 0 unspecified atom stereocenters. The van der Waals surface area contributed by atoms with Crippen molar-refractivity contribution in [2.24, 2.45) is 0 Å². The zero-order valence-electron chi connectivity index (χ0n) is 6.05. The van der Waals surface area contributed by atoms with E-state index in [-0.39, 0.29) is 5.91 Å². The summed E-state index contributed by atoms with van der Waals surface area (Å²) in [6.45, 7) is 3.64. The quantitative estimate of drug-likeness (QED) is 0.515. The summed E-state index contributed by atoms with van der Waals surface area (Å²) in [5.41, 5.74) is 0. The van der Waals surface area contributed by atoms with Crippen molar-refractivity contribution in [1.82, 2.24) is 10.6 Å². The fourth-order valence-corrected chi connectivity index (χ4v) is 0.791. The summed E-state index contributed by atoms with van der Waals surface area (Å²) in [6, 6.07) is 0.351. The Bertz CT molecular complexity index is 150. The summed E-state index contributed by atoms with van der Waals surface area (Å²) in [6.07, 6.45) is 3.28. The summed E-state index contributed by atoms with van der Waals surface area (Å²) in [5.74, 6) is 0.00833. The SMILES string of the molecule is CC=CC(=O)NC1CNC1. The van der Waals surface area contributed by atoms with Crippen molar-refractivity contribution in [3.63, 3.8) is 0 Å². The number of allylic oxidation sites excluding steroid dienone is 1. The lowest BCUT2D eigenvalue weighted by molar-refractivity contribution is -0.117. The van der Waals surface area contributed by atoms with Gasteiger partial charge in [-0.2, -0.15) is 0 Å². The molecule has 1 fully saturated rings. The van der Waals surface area contributed by atoms with E-state index in [9.17, 15) is 4.79 Å². The highest BCUT2D eigenvalue weighted by Gasteiger charge is 2.16. The molecular formula is C7H12N2O. The maximum absolute atomic E-state index is 10.8. The van der Waals surface area contributed by atoms with E-state index in [0.717, 1.165) is 13.1 Å². The molecule has 1 aliphatic rings. The molecule has 1 heterocycles. The molecule has 0 radical (unpaired) electrons. The largest absolute Gasteiger partial charge is 0.347 e. The molecular weight excluding hydrogens is 128 g/mol. The zero-order valence-corrected chi connectivity index (χ0v) is 6.05. The van der Waals surface area contributed by atoms with Crippen molar-refractivity contribution < 1.29 is 4.79 Å². The molecule has 0 bridgehead atoms. The summed E-state index contributed by atoms with van der Waals surface area (Å²) >= 11 is 0. The van der Waals surface area contributed by atoms with Crippen LogP contribution in [-0.2, 0) is 4.79 Å². The van der Waals surface area contributed by atoms with Gasteiger partial charge in [-0.3, -0.25) is 4.79 Å². The molecule has 2 N–H and O–H groups in total. The first-order valence-corrected chi connectivity index (χ1v) is 3.47. The van der Waals surface area contributed by atoms with E-state index in [1.54, 1.807) is 12.2 Å². The lowest BCUT2D eigenvalue weighted by Crippen LogP contribution is -2.56. The second-order valence-electron chi connectivity index (χ2n) is 2.36. The van der Waals surface area contributed by atoms with Gasteiger partial charge in [-0.1, -0.05) is 6.08 Å². The highest BCUT2D eigenvalue weighted by molar-refractivity contribution is 5.87. The molecule has 3 nitrogen and oxygen atoms in total. The van der Waals surface area contributed by atoms with Gasteiger partial charge in [0.15, 0.2) is 0 Å². The normalized spacial score (nSPS) is 18.9. The summed E-state index contributed by atoms with van der Waals surface area (Å²) < 4.78 is 0. The summed E-state index contributed by atoms with van der Waals surface area (Å²) in [7, 11) is 0. The molecule has 0 aromatic rings. The van der Waals surface area contributed by atoms with Crippen LogP contribution in [0.4, 0.5) is 0 Å². The first-order chi connectivity index (χ1) is 4.83. The molecule has 3 heteroatoms. The lowest BCUT2D eigenvalue weighted by Gasteiger charge is -2.27. The van der Waals surface area contributed by atoms with Gasteiger partial charge in [-0.25, -0.2) is 0 Å². The van der Waals surface area contributed by atoms with Crippen molar-refractivity contribution in [2.45, 2.75) is 13.0 Å². The first-order valence-electron chi connectivity index (χ1n) is 3.47. The minimum absolute atomic E-state index is 0.00833. The minimum Gasteiger partial charge on any atom is -0.347 e. The number of amides is 1. The molecule has 0 saturated carbocycles. The van der Waals surface area contributed by atoms with Gasteiger partial charge >= 0.3 is 0 Å². The average Bonchev–Trinajstić information content (AvgIpc) is 1.80. The molecule has 0 spiro atoms. The van der Waals surface area contributed by atoms with Crippen LogP contribution in [0.5, 0.6) is 0 Å². The Kier molecular flexibility index (Phi) is 2.45. The summed E-state index contributed by atoms with van der Waals surface area (Å²) in [5, 5.41) is 5.90. The van der Waals surface area contributed by atoms with Gasteiger partial charge in [0.05, 0.1) is 6.04 Å². The third-order valence-electron chi connectivity index (χ3n) is 1.45. The van der Waals surface area contributed by atoms with Gasteiger partial charge in [-0.15, -0.1) is 0 Å². The predicted molar refractivity (Wildman–Crippen MR) is 39.6 cm³/mol. The number of rotatable bonds is 2. The van der Waals surface area contributed by atoms with Crippen LogP contribution in [0.3, 0.4) is 0 Å². The maximum Gasteiger partial charge on any atom is 0.243 e. The predicted octanol–water partition coefficient (Wildman–Crippen LogP) is -0.349. The van der Waals surface area contributed by atoms with E-state index in [0.29, 0.717) is 6.04 Å². The van der Waals surface area contributed by atoms with E-state index in [1.807, 2.05) is 6.92 Å². The average molecular weight is 140 g/mol. The van der Waals surface area contributed by atoms with Gasteiger partial charge in [0.2, 0.25) is 5.91 Å². The van der Waals surface area contributed by atoms with Crippen LogP contribution < -0.4 is 10.6 Å². The Morgan fingerprint density at radius 3 is 2.80 bits per heavy atom. The Labute approximate surface area is 60.5 Å². The molecule has 0 atom stereocenters. The second kappa shape index (κ2) is 3.37. The highest BCUT2D eigenvalue weighted by atomic mass is 16.1. The number of carbonyl (C=O) groups is 1. The maximum atomic E-state index is 10.8. The van der Waals surface area contributed by atoms with Crippen LogP contribution in [0.15, 0.2) is 12.2 Å². The molecule has 0 aliphatic carbocycles. The minimum atomic E-state index is 0.00833. The molecule has 1 amide bonds. The Morgan fingerprint density at radius 1 is 1.70 bits per heavy atom. The third-order valence-corrected chi connectivity index (χ3v) is 1.45. The van der Waals surface area contributed by atoms with Gasteiger partial charge in [0, 0.05) is 13.1 Å². The topological polar surface area (TPSA) is 41.1 Å². The van der Waals surface area contributed by atoms with Crippen molar-refractivity contribution in [1.29, 1.82) is 0 Å². The van der Waals surface area contributed by atoms with Crippen LogP contribution in [0.2, 0.25) is 0 Å². The third kappa shape index (κ3) is 1.84. The van der Waals surface area contributed by atoms with Crippen LogP contribution in [0, 0.1) is 0 Å². The standard InChI is InChI=1S/C7H12N2O/c1-2-3-7(10)9-6-4-8-5-6/h2-3,6,8H,4-5H2,1H3,(H,9,10). The van der Waals surface area contributed by atoms with Crippen LogP contribution in [-0.4, -0.2) is 25.0 Å². The van der Waals surface area contributed by atoms with Crippen molar-refractivity contribution >= 4 is 5.91 Å². The number of hydrogen-bond acceptors (Lipinski definition) is 2. The molecule has 56 valence electrons. The van der Waals surface area contributed by atoms with E-state index in [1.165, 1.54) is 0 Å². The van der Waals surface area contributed by atoms with E-state index < -0.39 is 0 Å². The first kappa shape index (κ1) is 7.28. The molecule has 0 aromatic carbocycles. The Hall–Kier alpha value is -0.830. The lowest BCUT2D eigenvalue weighted by atomic mass is 10.2. The number of hydrogen-bond donors (Lipinski definition) is 2. The fraction of sp³-hybridized carbons (Fsp3) is 0.571. The van der Waals surface area contributed by atoms with Crippen LogP contribution in [0.1, 0.15) is 6.92 Å². The van der Waals surface area contributed by atoms with Gasteiger partial charge < -0.3 is 10.6 Å².